The zero-order chi connectivity index (χ0) is 12.1. The summed E-state index contributed by atoms with van der Waals surface area (Å²) in [6, 6.07) is 5.62. The van der Waals surface area contributed by atoms with Crippen molar-refractivity contribution < 1.29 is 14.3 Å². The predicted octanol–water partition coefficient (Wildman–Crippen LogP) is 1.57. The molecule has 1 aromatic carbocycles. The Morgan fingerprint density at radius 3 is 2.62 bits per heavy atom. The highest BCUT2D eigenvalue weighted by Gasteiger charge is 2.16. The van der Waals surface area contributed by atoms with Crippen molar-refractivity contribution >= 4 is 5.91 Å². The van der Waals surface area contributed by atoms with E-state index < -0.39 is 11.7 Å². The Morgan fingerprint density at radius 2 is 2.06 bits per heavy atom. The van der Waals surface area contributed by atoms with E-state index in [1.807, 2.05) is 6.92 Å². The molecule has 0 aliphatic heterocycles. The minimum absolute atomic E-state index is 0.0152. The molecular weight excluding hydrogens is 209 g/mol. The number of hydrogen-bond acceptors (Lipinski definition) is 2. The summed E-state index contributed by atoms with van der Waals surface area (Å²) in [6.07, 6.45) is 0. The third-order valence-electron chi connectivity index (χ3n) is 2.62. The summed E-state index contributed by atoms with van der Waals surface area (Å²) in [6.45, 7) is 3.57. The van der Waals surface area contributed by atoms with Crippen LogP contribution in [0.4, 0.5) is 4.39 Å². The second kappa shape index (κ2) is 5.61. The Kier molecular flexibility index (Phi) is 4.43. The van der Waals surface area contributed by atoms with Gasteiger partial charge in [0.15, 0.2) is 0 Å². The minimum atomic E-state index is -0.538. The van der Waals surface area contributed by atoms with Crippen LogP contribution >= 0.6 is 0 Å². The van der Waals surface area contributed by atoms with Gasteiger partial charge in [0, 0.05) is 12.6 Å². The van der Waals surface area contributed by atoms with Crippen molar-refractivity contribution in [2.24, 2.45) is 5.92 Å². The van der Waals surface area contributed by atoms with E-state index in [4.69, 9.17) is 5.11 Å². The van der Waals surface area contributed by atoms with Crippen LogP contribution < -0.4 is 5.32 Å². The molecule has 0 saturated carbocycles. The summed E-state index contributed by atoms with van der Waals surface area (Å²) >= 11 is 0. The molecular formula is C12H16FNO2. The molecule has 1 rings (SSSR count). The summed E-state index contributed by atoms with van der Waals surface area (Å²) in [4.78, 5) is 11.7. The van der Waals surface area contributed by atoms with E-state index in [0.717, 1.165) is 0 Å². The van der Waals surface area contributed by atoms with Crippen molar-refractivity contribution in [1.29, 1.82) is 0 Å². The molecule has 0 spiro atoms. The molecule has 88 valence electrons. The van der Waals surface area contributed by atoms with Gasteiger partial charge in [-0.25, -0.2) is 4.39 Å². The zero-order valence-electron chi connectivity index (χ0n) is 9.40. The average Bonchev–Trinajstić information content (AvgIpc) is 2.28. The highest BCUT2D eigenvalue weighted by atomic mass is 19.1. The second-order valence-electron chi connectivity index (χ2n) is 3.90. The smallest absolute Gasteiger partial charge is 0.254 e. The molecule has 1 amide bonds. The maximum Gasteiger partial charge on any atom is 0.254 e. The zero-order valence-corrected chi connectivity index (χ0v) is 9.40. The van der Waals surface area contributed by atoms with Crippen molar-refractivity contribution in [2.75, 3.05) is 6.61 Å². The van der Waals surface area contributed by atoms with Gasteiger partial charge in [-0.3, -0.25) is 4.79 Å². The van der Waals surface area contributed by atoms with E-state index in [9.17, 15) is 9.18 Å². The number of halogens is 1. The normalized spacial score (nSPS) is 14.2. The van der Waals surface area contributed by atoms with Gasteiger partial charge in [-0.2, -0.15) is 0 Å². The van der Waals surface area contributed by atoms with Crippen molar-refractivity contribution in [3.63, 3.8) is 0 Å². The SMILES string of the molecule is CC(CO)C(C)NC(=O)c1ccccc1F. The maximum atomic E-state index is 13.3. The van der Waals surface area contributed by atoms with Gasteiger partial charge >= 0.3 is 0 Å². The van der Waals surface area contributed by atoms with Crippen molar-refractivity contribution in [2.45, 2.75) is 19.9 Å². The summed E-state index contributed by atoms with van der Waals surface area (Å²) < 4.78 is 13.3. The fourth-order valence-corrected chi connectivity index (χ4v) is 1.23. The number of amides is 1. The van der Waals surface area contributed by atoms with Crippen molar-refractivity contribution in [3.8, 4) is 0 Å². The van der Waals surface area contributed by atoms with Gasteiger partial charge in [-0.05, 0) is 25.0 Å². The Balaban J connectivity index is 2.70. The number of benzene rings is 1. The number of carbonyl (C=O) groups excluding carboxylic acids is 1. The number of hydrogen-bond donors (Lipinski definition) is 2. The molecule has 4 heteroatoms. The summed E-state index contributed by atoms with van der Waals surface area (Å²) in [5.74, 6) is -1.05. The number of aliphatic hydroxyl groups excluding tert-OH is 1. The maximum absolute atomic E-state index is 13.3. The fourth-order valence-electron chi connectivity index (χ4n) is 1.23. The molecule has 1 aromatic rings. The van der Waals surface area contributed by atoms with Gasteiger partial charge in [0.2, 0.25) is 0 Å². The van der Waals surface area contributed by atoms with Gasteiger partial charge < -0.3 is 10.4 Å². The molecule has 16 heavy (non-hydrogen) atoms. The van der Waals surface area contributed by atoms with Crippen LogP contribution in [0.1, 0.15) is 24.2 Å². The Hall–Kier alpha value is -1.42. The van der Waals surface area contributed by atoms with E-state index >= 15 is 0 Å². The third kappa shape index (κ3) is 3.03. The molecule has 2 atom stereocenters. The van der Waals surface area contributed by atoms with Crippen molar-refractivity contribution in [1.82, 2.24) is 5.32 Å². The first-order valence-electron chi connectivity index (χ1n) is 5.22. The molecule has 2 N–H and O–H groups in total. The lowest BCUT2D eigenvalue weighted by Gasteiger charge is -2.19. The molecule has 2 unspecified atom stereocenters. The van der Waals surface area contributed by atoms with E-state index in [0.29, 0.717) is 0 Å². The Morgan fingerprint density at radius 1 is 1.44 bits per heavy atom. The summed E-state index contributed by atoms with van der Waals surface area (Å²) in [5.41, 5.74) is 0.0273. The highest BCUT2D eigenvalue weighted by Crippen LogP contribution is 2.08. The Bertz CT molecular complexity index is 368. The molecule has 0 bridgehead atoms. The van der Waals surface area contributed by atoms with Gasteiger partial charge in [-0.15, -0.1) is 0 Å². The lowest BCUT2D eigenvalue weighted by Crippen LogP contribution is -2.38. The van der Waals surface area contributed by atoms with Crippen LogP contribution in [-0.4, -0.2) is 23.7 Å². The summed E-state index contributed by atoms with van der Waals surface area (Å²) in [7, 11) is 0. The van der Waals surface area contributed by atoms with Gasteiger partial charge in [0.1, 0.15) is 5.82 Å². The van der Waals surface area contributed by atoms with Crippen LogP contribution in [0.2, 0.25) is 0 Å². The van der Waals surface area contributed by atoms with E-state index in [-0.39, 0.29) is 24.1 Å². The number of aliphatic hydroxyl groups is 1. The molecule has 0 heterocycles. The molecule has 3 nitrogen and oxygen atoms in total. The molecule has 0 radical (unpaired) electrons. The molecule has 0 saturated heterocycles. The quantitative estimate of drug-likeness (QED) is 0.817. The topological polar surface area (TPSA) is 49.3 Å². The average molecular weight is 225 g/mol. The number of nitrogens with one attached hydrogen (secondary N) is 1. The predicted molar refractivity (Wildman–Crippen MR) is 59.6 cm³/mol. The van der Waals surface area contributed by atoms with Crippen LogP contribution in [-0.2, 0) is 0 Å². The van der Waals surface area contributed by atoms with Crippen LogP contribution in [0.25, 0.3) is 0 Å². The van der Waals surface area contributed by atoms with Crippen LogP contribution in [0, 0.1) is 11.7 Å². The van der Waals surface area contributed by atoms with Crippen LogP contribution in [0.3, 0.4) is 0 Å². The third-order valence-corrected chi connectivity index (χ3v) is 2.62. The molecule has 0 aliphatic carbocycles. The van der Waals surface area contributed by atoms with E-state index in [1.54, 1.807) is 13.0 Å². The van der Waals surface area contributed by atoms with E-state index in [1.165, 1.54) is 18.2 Å². The molecule has 0 aliphatic rings. The molecule has 0 fully saturated rings. The first kappa shape index (κ1) is 12.6. The monoisotopic (exact) mass is 225 g/mol. The lowest BCUT2D eigenvalue weighted by atomic mass is 10.0. The van der Waals surface area contributed by atoms with Crippen molar-refractivity contribution in [3.05, 3.63) is 35.6 Å². The van der Waals surface area contributed by atoms with Crippen LogP contribution in [0.5, 0.6) is 0 Å². The van der Waals surface area contributed by atoms with Gasteiger partial charge in [0.05, 0.1) is 5.56 Å². The van der Waals surface area contributed by atoms with Gasteiger partial charge in [-0.1, -0.05) is 19.1 Å². The molecule has 0 aromatic heterocycles. The second-order valence-corrected chi connectivity index (χ2v) is 3.90. The Labute approximate surface area is 94.3 Å². The van der Waals surface area contributed by atoms with Crippen LogP contribution in [0.15, 0.2) is 24.3 Å². The summed E-state index contributed by atoms with van der Waals surface area (Å²) in [5, 5.41) is 11.6. The highest BCUT2D eigenvalue weighted by molar-refractivity contribution is 5.94. The first-order chi connectivity index (χ1) is 7.56. The first-order valence-corrected chi connectivity index (χ1v) is 5.22. The largest absolute Gasteiger partial charge is 0.396 e. The fraction of sp³-hybridized carbons (Fsp3) is 0.417. The number of rotatable bonds is 4. The minimum Gasteiger partial charge on any atom is -0.396 e. The van der Waals surface area contributed by atoms with E-state index in [2.05, 4.69) is 5.32 Å². The standard InChI is InChI=1S/C12H16FNO2/c1-8(7-15)9(2)14-12(16)10-5-3-4-6-11(10)13/h3-6,8-9,15H,7H2,1-2H3,(H,14,16). The van der Waals surface area contributed by atoms with Gasteiger partial charge in [0.25, 0.3) is 5.91 Å². The number of carbonyl (C=O) groups is 1. The lowest BCUT2D eigenvalue weighted by molar-refractivity contribution is 0.0912.